The Labute approximate surface area is 83.3 Å². The molecule has 63 valence electrons. The van der Waals surface area contributed by atoms with Crippen molar-refractivity contribution < 1.29 is 14.3 Å². The number of hydrogen-bond donors (Lipinski definition) is 0. The van der Waals surface area contributed by atoms with E-state index in [-0.39, 0.29) is 12.2 Å². The summed E-state index contributed by atoms with van der Waals surface area (Å²) in [5.41, 5.74) is -0.198. The van der Waals surface area contributed by atoms with Gasteiger partial charge in [-0.3, -0.25) is 0 Å². The summed E-state index contributed by atoms with van der Waals surface area (Å²) in [6.07, 6.45) is 0. The van der Waals surface area contributed by atoms with Crippen LogP contribution in [0.3, 0.4) is 0 Å². The molecule has 0 spiro atoms. The quantitative estimate of drug-likeness (QED) is 0.183. The maximum atomic E-state index is 10.9. The van der Waals surface area contributed by atoms with Gasteiger partial charge < -0.3 is 0 Å². The summed E-state index contributed by atoms with van der Waals surface area (Å²) in [6, 6.07) is 0. The number of hydrogen-bond acceptors (Lipinski definition) is 3. The zero-order valence-corrected chi connectivity index (χ0v) is 8.70. The maximum absolute atomic E-state index is 10.9. The molecule has 0 atom stereocenters. The van der Waals surface area contributed by atoms with Crippen LogP contribution in [-0.4, -0.2) is 40.8 Å². The normalized spacial score (nSPS) is 10.2. The molecule has 0 saturated carbocycles. The van der Waals surface area contributed by atoms with Gasteiger partial charge in [0.15, 0.2) is 0 Å². The van der Waals surface area contributed by atoms with Gasteiger partial charge in [0, 0.05) is 0 Å². The predicted molar refractivity (Wildman–Crippen MR) is 42.1 cm³/mol. The van der Waals surface area contributed by atoms with Gasteiger partial charge in [-0.2, -0.15) is 0 Å². The van der Waals surface area contributed by atoms with E-state index in [2.05, 4.69) is 9.58 Å². The van der Waals surface area contributed by atoms with Crippen molar-refractivity contribution in [2.24, 2.45) is 0 Å². The Balaban J connectivity index is 4.51. The second-order valence-electron chi connectivity index (χ2n) is 1.67. The summed E-state index contributed by atoms with van der Waals surface area (Å²) in [4.78, 5) is 24.3. The molecular weight excluding hydrogens is 274 g/mol. The average Bonchev–Trinajstić information content (AvgIpc) is 2.06. The van der Waals surface area contributed by atoms with Gasteiger partial charge in [-0.05, 0) is 0 Å². The van der Waals surface area contributed by atoms with E-state index in [1.54, 1.807) is 6.92 Å². The first kappa shape index (κ1) is 11.2. The van der Waals surface area contributed by atoms with Crippen LogP contribution in [0, 0.1) is 6.57 Å². The van der Waals surface area contributed by atoms with Gasteiger partial charge in [0.05, 0.1) is 0 Å². The van der Waals surface area contributed by atoms with E-state index in [4.69, 9.17) is 6.57 Å². The van der Waals surface area contributed by atoms with Gasteiger partial charge in [0.25, 0.3) is 0 Å². The van der Waals surface area contributed by atoms with E-state index in [0.29, 0.717) is 0 Å². The Morgan fingerprint density at radius 3 is 2.58 bits per heavy atom. The van der Waals surface area contributed by atoms with Crippen molar-refractivity contribution in [3.63, 3.8) is 0 Å². The first-order chi connectivity index (χ1) is 5.67. The molecule has 0 aliphatic carbocycles. The van der Waals surface area contributed by atoms with Crippen LogP contribution in [0.2, 0.25) is 0 Å². The Hall–Kier alpha value is -0.840. The number of ether oxygens (including phenoxy) is 1. The Morgan fingerprint density at radius 1 is 1.67 bits per heavy atom. The third-order valence-electron chi connectivity index (χ3n) is 0.945. The number of esters is 1. The zero-order chi connectivity index (χ0) is 9.56. The summed E-state index contributed by atoms with van der Waals surface area (Å²) < 4.78 is 5.83. The van der Waals surface area contributed by atoms with Crippen molar-refractivity contribution in [2.75, 3.05) is 6.61 Å². The monoisotopic (exact) mass is 282 g/mol. The number of rotatable bonds is 3. The van der Waals surface area contributed by atoms with Gasteiger partial charge >= 0.3 is 83.1 Å². The van der Waals surface area contributed by atoms with E-state index in [1.807, 2.05) is 0 Å². The summed E-state index contributed by atoms with van der Waals surface area (Å²) in [5, 5.41) is 0. The molecule has 12 heavy (non-hydrogen) atoms. The summed E-state index contributed by atoms with van der Waals surface area (Å²) in [7, 11) is 0. The first-order valence-corrected chi connectivity index (χ1v) is 4.43. The molecule has 0 aliphatic rings. The van der Waals surface area contributed by atoms with Crippen molar-refractivity contribution in [1.82, 2.24) is 0 Å². The molecule has 5 heteroatoms. The fraction of sp³-hybridized carbons (Fsp3) is 0.286. The van der Waals surface area contributed by atoms with Crippen LogP contribution in [-0.2, 0) is 14.3 Å². The van der Waals surface area contributed by atoms with Crippen LogP contribution in [0.4, 0.5) is 0 Å². The van der Waals surface area contributed by atoms with Crippen LogP contribution in [0.15, 0.2) is 9.70 Å². The molecule has 4 nitrogen and oxygen atoms in total. The van der Waals surface area contributed by atoms with Gasteiger partial charge in [0.2, 0.25) is 0 Å². The van der Waals surface area contributed by atoms with E-state index in [0.717, 1.165) is 0 Å². The van der Waals surface area contributed by atoms with Crippen molar-refractivity contribution in [2.45, 2.75) is 6.92 Å². The van der Waals surface area contributed by atoms with Gasteiger partial charge in [-0.25, -0.2) is 0 Å². The van der Waals surface area contributed by atoms with E-state index >= 15 is 0 Å². The molecule has 0 unspecified atom stereocenters. The van der Waals surface area contributed by atoms with Crippen molar-refractivity contribution >= 4 is 34.2 Å². The molecular formula is C7H6NO3Te. The zero-order valence-electron chi connectivity index (χ0n) is 6.36. The number of amides is 1. The molecule has 0 fully saturated rings. The SMILES string of the molecule is [C-]#[N+]C(=O)/C(=C/[Te])C(=O)OCC. The van der Waals surface area contributed by atoms with Gasteiger partial charge in [0.1, 0.15) is 0 Å². The molecule has 1 radical (unpaired) electrons. The van der Waals surface area contributed by atoms with E-state index in [1.165, 1.54) is 26.4 Å². The average molecular weight is 280 g/mol. The summed E-state index contributed by atoms with van der Waals surface area (Å²) in [5.74, 6) is -1.61. The number of nitrogens with zero attached hydrogens (tertiary/aromatic N) is 1. The molecule has 1 amide bonds. The molecule has 0 saturated heterocycles. The third kappa shape index (κ3) is 3.04. The predicted octanol–water partition coefficient (Wildman–Crippen LogP) is 0.0478. The molecule has 0 heterocycles. The fourth-order valence-electron chi connectivity index (χ4n) is 0.455. The first-order valence-electron chi connectivity index (χ1n) is 3.08. The molecule has 0 bridgehead atoms. The van der Waals surface area contributed by atoms with Crippen LogP contribution in [0.25, 0.3) is 4.85 Å². The topological polar surface area (TPSA) is 47.7 Å². The van der Waals surface area contributed by atoms with Crippen LogP contribution >= 0.6 is 0 Å². The third-order valence-corrected chi connectivity index (χ3v) is 1.62. The molecule has 0 aliphatic heterocycles. The Bertz CT molecular complexity index is 264. The number of carbonyl (C=O) groups is 2. The Morgan fingerprint density at radius 2 is 2.25 bits per heavy atom. The fourth-order valence-corrected chi connectivity index (χ4v) is 1.02. The molecule has 0 aromatic heterocycles. The Kier molecular flexibility index (Phi) is 5.36. The van der Waals surface area contributed by atoms with E-state index in [9.17, 15) is 9.59 Å². The van der Waals surface area contributed by atoms with Crippen LogP contribution in [0.1, 0.15) is 6.92 Å². The molecule has 0 N–H and O–H groups in total. The minimum atomic E-state index is -0.876. The van der Waals surface area contributed by atoms with Crippen molar-refractivity contribution in [3.8, 4) is 0 Å². The summed E-state index contributed by atoms with van der Waals surface area (Å²) in [6.45, 7) is 8.23. The molecule has 0 rings (SSSR count). The second-order valence-corrected chi connectivity index (χ2v) is 2.34. The van der Waals surface area contributed by atoms with Gasteiger partial charge in [-0.15, -0.1) is 0 Å². The van der Waals surface area contributed by atoms with Crippen molar-refractivity contribution in [1.29, 1.82) is 0 Å². The van der Waals surface area contributed by atoms with Crippen molar-refractivity contribution in [3.05, 3.63) is 21.1 Å². The van der Waals surface area contributed by atoms with E-state index < -0.39 is 11.9 Å². The summed E-state index contributed by atoms with van der Waals surface area (Å²) >= 11 is 1.44. The van der Waals surface area contributed by atoms with Crippen LogP contribution in [0.5, 0.6) is 0 Å². The number of carbonyl (C=O) groups excluding carboxylic acids is 2. The molecule has 0 aromatic carbocycles. The standard InChI is InChI=1S/C7H6NO3Te/c1-3-11-7(10)5(4-12)6(9)8-2/h4H,3H2,1H3/b5-4-. The second kappa shape index (κ2) is 5.76. The molecule has 0 aromatic rings. The minimum absolute atomic E-state index is 0.197. The van der Waals surface area contributed by atoms with Crippen LogP contribution < -0.4 is 0 Å². The van der Waals surface area contributed by atoms with Gasteiger partial charge in [-0.1, -0.05) is 0 Å².